The molecule has 2 N–H and O–H groups in total. The second-order valence-corrected chi connectivity index (χ2v) is 9.61. The smallest absolute Gasteiger partial charge is 0.341 e. The molecular formula is C24H24NO6S+. The average molecular weight is 455 g/mol. The number of aryl methyl sites for hydroxylation is 1. The van der Waals surface area contributed by atoms with Crippen molar-refractivity contribution in [3.05, 3.63) is 71.8 Å². The molecule has 7 nitrogen and oxygen atoms in total. The number of hydrogen-bond acceptors (Lipinski definition) is 5. The predicted molar refractivity (Wildman–Crippen MR) is 119 cm³/mol. The molecule has 8 heteroatoms. The van der Waals surface area contributed by atoms with Gasteiger partial charge in [-0.3, -0.25) is 0 Å². The van der Waals surface area contributed by atoms with Crippen LogP contribution < -0.4 is 13.8 Å². The number of quaternary nitrogens is 1. The minimum atomic E-state index is -3.68. The highest BCUT2D eigenvalue weighted by atomic mass is 32.2. The molecule has 1 unspecified atom stereocenters. The highest BCUT2D eigenvalue weighted by molar-refractivity contribution is 7.85. The molecule has 32 heavy (non-hydrogen) atoms. The summed E-state index contributed by atoms with van der Waals surface area (Å²) < 4.78 is 37.6. The van der Waals surface area contributed by atoms with Gasteiger partial charge in [-0.25, -0.2) is 4.79 Å². The molecule has 0 radical (unpaired) electrons. The van der Waals surface area contributed by atoms with E-state index in [2.05, 4.69) is 0 Å². The Balaban J connectivity index is 1.60. The maximum atomic E-state index is 13.4. The van der Waals surface area contributed by atoms with E-state index in [-0.39, 0.29) is 4.90 Å². The van der Waals surface area contributed by atoms with Gasteiger partial charge in [0.05, 0.1) is 7.11 Å². The van der Waals surface area contributed by atoms with E-state index in [1.54, 1.807) is 14.0 Å². The highest BCUT2D eigenvalue weighted by Gasteiger charge is 2.37. The largest absolute Gasteiger partial charge is 0.497 e. The van der Waals surface area contributed by atoms with E-state index in [4.69, 9.17) is 14.6 Å². The summed E-state index contributed by atoms with van der Waals surface area (Å²) in [5.74, 6) is 0.0480. The first-order valence-corrected chi connectivity index (χ1v) is 11.6. The zero-order valence-electron chi connectivity index (χ0n) is 17.8. The van der Waals surface area contributed by atoms with Crippen LogP contribution in [0.3, 0.4) is 0 Å². The summed E-state index contributed by atoms with van der Waals surface area (Å²) in [6.45, 7) is 1.67. The molecule has 3 aromatic rings. The van der Waals surface area contributed by atoms with E-state index in [1.165, 1.54) is 18.2 Å². The van der Waals surface area contributed by atoms with Crippen LogP contribution in [0.5, 0.6) is 11.5 Å². The Bertz CT molecular complexity index is 1270. The Morgan fingerprint density at radius 2 is 1.75 bits per heavy atom. The molecule has 0 saturated carbocycles. The fraction of sp³-hybridized carbons (Fsp3) is 0.208. The molecule has 0 fully saturated rings. The van der Waals surface area contributed by atoms with Crippen molar-refractivity contribution in [3.8, 4) is 22.6 Å². The van der Waals surface area contributed by atoms with Gasteiger partial charge in [0, 0.05) is 18.1 Å². The molecule has 3 aromatic carbocycles. The molecular weight excluding hydrogens is 430 g/mol. The number of aliphatic carboxylic acids is 1. The lowest BCUT2D eigenvalue weighted by Gasteiger charge is -2.15. The summed E-state index contributed by atoms with van der Waals surface area (Å²) >= 11 is 0. The van der Waals surface area contributed by atoms with Gasteiger partial charge in [0.25, 0.3) is 0 Å². The first kappa shape index (κ1) is 21.9. The molecule has 0 aliphatic carbocycles. The third-order valence-corrected chi connectivity index (χ3v) is 7.53. The fourth-order valence-corrected chi connectivity index (χ4v) is 5.65. The summed E-state index contributed by atoms with van der Waals surface area (Å²) in [6, 6.07) is 18.1. The van der Waals surface area contributed by atoms with Crippen molar-refractivity contribution in [1.29, 1.82) is 0 Å². The summed E-state index contributed by atoms with van der Waals surface area (Å²) in [7, 11) is -2.06. The van der Waals surface area contributed by atoms with Crippen LogP contribution in [-0.4, -0.2) is 39.8 Å². The van der Waals surface area contributed by atoms with Gasteiger partial charge in [-0.2, -0.15) is 12.7 Å². The normalized spacial score (nSPS) is 15.2. The van der Waals surface area contributed by atoms with E-state index in [0.717, 1.165) is 28.1 Å². The molecule has 4 rings (SSSR count). The van der Waals surface area contributed by atoms with Gasteiger partial charge in [0.15, 0.2) is 6.61 Å². The quantitative estimate of drug-likeness (QED) is 0.570. The zero-order valence-corrected chi connectivity index (χ0v) is 18.6. The summed E-state index contributed by atoms with van der Waals surface area (Å²) in [4.78, 5) is 10.9. The molecule has 0 amide bonds. The second kappa shape index (κ2) is 8.64. The molecule has 1 aliphatic heterocycles. The van der Waals surface area contributed by atoms with Gasteiger partial charge in [-0.05, 0) is 66.1 Å². The number of ether oxygens (including phenoxy) is 2. The maximum absolute atomic E-state index is 13.4. The molecule has 166 valence electrons. The Kier molecular flexibility index (Phi) is 5.90. The lowest BCUT2D eigenvalue weighted by molar-refractivity contribution is -0.682. The number of methoxy groups -OCH3 is 1. The second-order valence-electron chi connectivity index (χ2n) is 7.64. The minimum Gasteiger partial charge on any atom is -0.497 e. The minimum absolute atomic E-state index is 0.180. The van der Waals surface area contributed by atoms with Crippen molar-refractivity contribution in [3.63, 3.8) is 0 Å². The Hall–Kier alpha value is -3.36. The fourth-order valence-electron chi connectivity index (χ4n) is 3.93. The Morgan fingerprint density at radius 3 is 2.41 bits per heavy atom. The van der Waals surface area contributed by atoms with Gasteiger partial charge < -0.3 is 14.6 Å². The SMILES string of the molecule is COc1ccc(-c2ccc3c(c2)CC[NH+]3S(=O)(=O)c2ccc(OCC(=O)O)c(C)c2)cc1. The predicted octanol–water partition coefficient (Wildman–Crippen LogP) is 2.60. The number of fused-ring (bicyclic) bond motifs is 1. The van der Waals surface area contributed by atoms with E-state index < -0.39 is 22.6 Å². The number of benzene rings is 3. The molecule has 0 bridgehead atoms. The number of hydrogen-bond donors (Lipinski definition) is 2. The van der Waals surface area contributed by atoms with Crippen LogP contribution >= 0.6 is 0 Å². The maximum Gasteiger partial charge on any atom is 0.341 e. The van der Waals surface area contributed by atoms with E-state index in [1.807, 2.05) is 42.5 Å². The summed E-state index contributed by atoms with van der Waals surface area (Å²) in [5, 5.41) is 8.77. The molecule has 0 spiro atoms. The number of carboxylic acids is 1. The van der Waals surface area contributed by atoms with Crippen LogP contribution in [0.2, 0.25) is 0 Å². The lowest BCUT2D eigenvalue weighted by atomic mass is 10.0. The third-order valence-electron chi connectivity index (χ3n) is 5.58. The van der Waals surface area contributed by atoms with Crippen LogP contribution in [0.25, 0.3) is 11.1 Å². The third kappa shape index (κ3) is 4.19. The Labute approximate surface area is 186 Å². The van der Waals surface area contributed by atoms with Crippen LogP contribution in [0.1, 0.15) is 11.1 Å². The van der Waals surface area contributed by atoms with E-state index in [9.17, 15) is 13.2 Å². The number of sulfonamides is 1. The van der Waals surface area contributed by atoms with E-state index in [0.29, 0.717) is 28.6 Å². The van der Waals surface area contributed by atoms with Crippen molar-refractivity contribution in [2.45, 2.75) is 18.2 Å². The van der Waals surface area contributed by atoms with Gasteiger partial charge >= 0.3 is 16.0 Å². The van der Waals surface area contributed by atoms with Gasteiger partial charge in [-0.15, -0.1) is 0 Å². The van der Waals surface area contributed by atoms with Crippen molar-refractivity contribution in [1.82, 2.24) is 0 Å². The van der Waals surface area contributed by atoms with Crippen LogP contribution in [0.4, 0.5) is 5.69 Å². The first-order valence-electron chi connectivity index (χ1n) is 10.1. The molecule has 1 heterocycles. The van der Waals surface area contributed by atoms with Crippen LogP contribution in [0, 0.1) is 6.92 Å². The average Bonchev–Trinajstić information content (AvgIpc) is 3.22. The lowest BCUT2D eigenvalue weighted by Crippen LogP contribution is -3.07. The number of carbonyl (C=O) groups is 1. The summed E-state index contributed by atoms with van der Waals surface area (Å²) in [6.07, 6.45) is 0.659. The summed E-state index contributed by atoms with van der Waals surface area (Å²) in [5.41, 5.74) is 4.40. The van der Waals surface area contributed by atoms with Crippen molar-refractivity contribution in [2.24, 2.45) is 0 Å². The topological polar surface area (TPSA) is 94.3 Å². The van der Waals surface area contributed by atoms with Crippen LogP contribution in [0.15, 0.2) is 65.6 Å². The number of nitrogens with one attached hydrogen (secondary N) is 1. The highest BCUT2D eigenvalue weighted by Crippen LogP contribution is 2.29. The number of carboxylic acid groups (broad SMARTS) is 1. The van der Waals surface area contributed by atoms with Crippen molar-refractivity contribution in [2.75, 3.05) is 20.3 Å². The zero-order chi connectivity index (χ0) is 22.9. The Morgan fingerprint density at radius 1 is 1.03 bits per heavy atom. The monoisotopic (exact) mass is 454 g/mol. The van der Waals surface area contributed by atoms with E-state index >= 15 is 0 Å². The molecule has 1 aliphatic rings. The van der Waals surface area contributed by atoms with Crippen molar-refractivity contribution >= 4 is 21.7 Å². The van der Waals surface area contributed by atoms with Gasteiger partial charge in [0.2, 0.25) is 0 Å². The van der Waals surface area contributed by atoms with Gasteiger partial charge in [-0.1, -0.05) is 12.1 Å². The molecule has 0 saturated heterocycles. The number of rotatable bonds is 7. The molecule has 0 aromatic heterocycles. The van der Waals surface area contributed by atoms with Gasteiger partial charge in [0.1, 0.15) is 28.6 Å². The standard InChI is InChI=1S/C24H23NO6S/c1-16-13-21(8-10-23(16)31-15-24(26)27)32(28,29)25-12-11-19-14-18(5-9-22(19)25)17-3-6-20(30-2)7-4-17/h3-10,13-14H,11-12,15H2,1-2H3,(H,26,27)/p+1. The first-order chi connectivity index (χ1) is 15.3. The van der Waals surface area contributed by atoms with Crippen molar-refractivity contribution < 1.29 is 32.1 Å². The molecule has 1 atom stereocenters. The van der Waals surface area contributed by atoms with Crippen LogP contribution in [-0.2, 0) is 21.2 Å².